The molecule has 96 valence electrons. The van der Waals surface area contributed by atoms with Gasteiger partial charge in [0.05, 0.1) is 6.10 Å². The second-order valence-corrected chi connectivity index (χ2v) is 5.32. The monoisotopic (exact) mass is 263 g/mol. The summed E-state index contributed by atoms with van der Waals surface area (Å²) in [7, 11) is 0. The lowest BCUT2D eigenvalue weighted by Crippen LogP contribution is -2.09. The van der Waals surface area contributed by atoms with Crippen LogP contribution in [0.3, 0.4) is 0 Å². The largest absolute Gasteiger partial charge is 0.491 e. The van der Waals surface area contributed by atoms with Gasteiger partial charge in [-0.15, -0.1) is 11.3 Å². The maximum absolute atomic E-state index is 10.4. The third-order valence-corrected chi connectivity index (χ3v) is 3.46. The summed E-state index contributed by atoms with van der Waals surface area (Å²) in [6.45, 7) is 5.86. The van der Waals surface area contributed by atoms with E-state index in [-0.39, 0.29) is 6.10 Å². The van der Waals surface area contributed by atoms with Crippen LogP contribution in [0.2, 0.25) is 0 Å². The van der Waals surface area contributed by atoms with E-state index in [4.69, 9.17) is 4.74 Å². The summed E-state index contributed by atoms with van der Waals surface area (Å²) >= 11 is 1.46. The molecule has 3 nitrogen and oxygen atoms in total. The van der Waals surface area contributed by atoms with E-state index in [1.54, 1.807) is 0 Å². The second-order valence-electron chi connectivity index (χ2n) is 4.43. The van der Waals surface area contributed by atoms with E-state index in [2.05, 4.69) is 4.98 Å². The highest BCUT2D eigenvalue weighted by Gasteiger charge is 2.18. The van der Waals surface area contributed by atoms with Crippen LogP contribution in [0.25, 0.3) is 0 Å². The Labute approximate surface area is 111 Å². The minimum absolute atomic E-state index is 0.0800. The standard InChI is InChI=1S/C14H17NO2S/c1-9(2)17-12-7-5-4-6-11(12)13(16)14-15-10(3)8-18-14/h4-9,13,16H,1-3H3. The van der Waals surface area contributed by atoms with Crippen molar-refractivity contribution in [2.75, 3.05) is 0 Å². The van der Waals surface area contributed by atoms with Gasteiger partial charge in [0, 0.05) is 16.6 Å². The molecule has 1 heterocycles. The summed E-state index contributed by atoms with van der Waals surface area (Å²) < 4.78 is 5.71. The number of benzene rings is 1. The molecule has 0 radical (unpaired) electrons. The number of aliphatic hydroxyl groups excluding tert-OH is 1. The Morgan fingerprint density at radius 3 is 2.61 bits per heavy atom. The minimum atomic E-state index is -0.723. The van der Waals surface area contributed by atoms with Gasteiger partial charge in [0.2, 0.25) is 0 Å². The van der Waals surface area contributed by atoms with E-state index in [0.29, 0.717) is 10.8 Å². The van der Waals surface area contributed by atoms with E-state index in [9.17, 15) is 5.11 Å². The van der Waals surface area contributed by atoms with Crippen LogP contribution in [0.1, 0.15) is 36.2 Å². The average molecular weight is 263 g/mol. The lowest BCUT2D eigenvalue weighted by Gasteiger charge is -2.16. The molecule has 0 bridgehead atoms. The zero-order chi connectivity index (χ0) is 13.1. The normalized spacial score (nSPS) is 12.7. The van der Waals surface area contributed by atoms with Gasteiger partial charge in [0.15, 0.2) is 0 Å². The molecular formula is C14H17NO2S. The van der Waals surface area contributed by atoms with Crippen molar-refractivity contribution < 1.29 is 9.84 Å². The van der Waals surface area contributed by atoms with Gasteiger partial charge in [-0.1, -0.05) is 18.2 Å². The zero-order valence-electron chi connectivity index (χ0n) is 10.8. The van der Waals surface area contributed by atoms with Crippen molar-refractivity contribution in [1.82, 2.24) is 4.98 Å². The van der Waals surface area contributed by atoms with Gasteiger partial charge in [-0.25, -0.2) is 4.98 Å². The molecule has 18 heavy (non-hydrogen) atoms. The van der Waals surface area contributed by atoms with E-state index >= 15 is 0 Å². The van der Waals surface area contributed by atoms with Gasteiger partial charge in [0.1, 0.15) is 16.9 Å². The smallest absolute Gasteiger partial charge is 0.134 e. The third-order valence-electron chi connectivity index (χ3n) is 2.45. The van der Waals surface area contributed by atoms with Crippen molar-refractivity contribution in [1.29, 1.82) is 0 Å². The molecule has 0 aliphatic heterocycles. The number of ether oxygens (including phenoxy) is 1. The first kappa shape index (κ1) is 13.1. The molecule has 0 amide bonds. The molecule has 0 fully saturated rings. The minimum Gasteiger partial charge on any atom is -0.491 e. The zero-order valence-corrected chi connectivity index (χ0v) is 11.6. The van der Waals surface area contributed by atoms with Crippen molar-refractivity contribution in [3.05, 3.63) is 45.9 Å². The molecule has 1 aromatic carbocycles. The van der Waals surface area contributed by atoms with Crippen LogP contribution in [0.4, 0.5) is 0 Å². The van der Waals surface area contributed by atoms with Crippen molar-refractivity contribution in [2.45, 2.75) is 33.0 Å². The number of nitrogens with zero attached hydrogens (tertiary/aromatic N) is 1. The summed E-state index contributed by atoms with van der Waals surface area (Å²) in [5.41, 5.74) is 1.69. The number of aliphatic hydroxyl groups is 1. The van der Waals surface area contributed by atoms with Crippen molar-refractivity contribution in [3.8, 4) is 5.75 Å². The highest BCUT2D eigenvalue weighted by atomic mass is 32.1. The number of rotatable bonds is 4. The summed E-state index contributed by atoms with van der Waals surface area (Å²) in [4.78, 5) is 4.32. The number of thiazole rings is 1. The molecule has 0 aliphatic carbocycles. The average Bonchev–Trinajstić information content (AvgIpc) is 2.75. The fourth-order valence-electron chi connectivity index (χ4n) is 1.70. The van der Waals surface area contributed by atoms with E-state index in [0.717, 1.165) is 11.3 Å². The predicted molar refractivity (Wildman–Crippen MR) is 73.1 cm³/mol. The third kappa shape index (κ3) is 2.89. The lowest BCUT2D eigenvalue weighted by atomic mass is 10.1. The molecule has 0 saturated carbocycles. The molecule has 4 heteroatoms. The number of hydrogen-bond acceptors (Lipinski definition) is 4. The van der Waals surface area contributed by atoms with Gasteiger partial charge in [-0.3, -0.25) is 0 Å². The maximum Gasteiger partial charge on any atom is 0.134 e. The number of aryl methyl sites for hydroxylation is 1. The van der Waals surface area contributed by atoms with Crippen molar-refractivity contribution in [3.63, 3.8) is 0 Å². The predicted octanol–water partition coefficient (Wildman–Crippen LogP) is 3.32. The second kappa shape index (κ2) is 5.50. The quantitative estimate of drug-likeness (QED) is 0.920. The van der Waals surface area contributed by atoms with Crippen LogP contribution in [-0.4, -0.2) is 16.2 Å². The molecule has 0 saturated heterocycles. The SMILES string of the molecule is Cc1csc(C(O)c2ccccc2OC(C)C)n1. The van der Waals surface area contributed by atoms with Crippen LogP contribution in [-0.2, 0) is 0 Å². The topological polar surface area (TPSA) is 42.4 Å². The summed E-state index contributed by atoms with van der Waals surface area (Å²) in [6, 6.07) is 7.55. The first-order valence-corrected chi connectivity index (χ1v) is 6.81. The molecule has 2 aromatic rings. The number of para-hydroxylation sites is 1. The molecule has 0 aliphatic rings. The van der Waals surface area contributed by atoms with Gasteiger partial charge >= 0.3 is 0 Å². The van der Waals surface area contributed by atoms with Crippen LogP contribution < -0.4 is 4.74 Å². The van der Waals surface area contributed by atoms with Gasteiger partial charge in [-0.2, -0.15) is 0 Å². The van der Waals surface area contributed by atoms with Crippen LogP contribution in [0.15, 0.2) is 29.6 Å². The Bertz CT molecular complexity index is 522. The highest BCUT2D eigenvalue weighted by Crippen LogP contribution is 2.31. The fraction of sp³-hybridized carbons (Fsp3) is 0.357. The lowest BCUT2D eigenvalue weighted by molar-refractivity contribution is 0.197. The summed E-state index contributed by atoms with van der Waals surface area (Å²) in [5, 5.41) is 13.0. The molecule has 1 unspecified atom stereocenters. The molecule has 1 atom stereocenters. The van der Waals surface area contributed by atoms with E-state index < -0.39 is 6.10 Å². The van der Waals surface area contributed by atoms with Gasteiger partial charge in [-0.05, 0) is 26.8 Å². The van der Waals surface area contributed by atoms with Gasteiger partial charge < -0.3 is 9.84 Å². The Balaban J connectivity index is 2.32. The number of aromatic nitrogens is 1. The van der Waals surface area contributed by atoms with Gasteiger partial charge in [0.25, 0.3) is 0 Å². The Morgan fingerprint density at radius 2 is 2.00 bits per heavy atom. The summed E-state index contributed by atoms with van der Waals surface area (Å²) in [5.74, 6) is 0.716. The Hall–Kier alpha value is -1.39. The molecule has 1 N–H and O–H groups in total. The van der Waals surface area contributed by atoms with Crippen molar-refractivity contribution >= 4 is 11.3 Å². The number of hydrogen-bond donors (Lipinski definition) is 1. The first-order chi connectivity index (χ1) is 8.58. The molecular weight excluding hydrogens is 246 g/mol. The molecule has 2 rings (SSSR count). The van der Waals surface area contributed by atoms with Crippen molar-refractivity contribution in [2.24, 2.45) is 0 Å². The Morgan fingerprint density at radius 1 is 1.28 bits per heavy atom. The van der Waals surface area contributed by atoms with E-state index in [1.165, 1.54) is 11.3 Å². The first-order valence-electron chi connectivity index (χ1n) is 5.93. The van der Waals surface area contributed by atoms with E-state index in [1.807, 2.05) is 50.4 Å². The molecule has 1 aromatic heterocycles. The Kier molecular flexibility index (Phi) is 3.99. The molecule has 0 spiro atoms. The fourth-order valence-corrected chi connectivity index (χ4v) is 2.50. The van der Waals surface area contributed by atoms with Crippen LogP contribution in [0.5, 0.6) is 5.75 Å². The van der Waals surface area contributed by atoms with Crippen LogP contribution in [0, 0.1) is 6.92 Å². The maximum atomic E-state index is 10.4. The summed E-state index contributed by atoms with van der Waals surface area (Å²) in [6.07, 6.45) is -0.643. The van der Waals surface area contributed by atoms with Crippen LogP contribution >= 0.6 is 11.3 Å². The highest BCUT2D eigenvalue weighted by molar-refractivity contribution is 7.09.